The summed E-state index contributed by atoms with van der Waals surface area (Å²) in [6, 6.07) is 21.0. The van der Waals surface area contributed by atoms with E-state index in [9.17, 15) is 23.1 Å². The molecule has 0 aliphatic heterocycles. The van der Waals surface area contributed by atoms with Gasteiger partial charge in [0, 0.05) is 18.3 Å². The lowest BCUT2D eigenvalue weighted by Crippen LogP contribution is -2.17. The Bertz CT molecular complexity index is 1310. The van der Waals surface area contributed by atoms with Crippen LogP contribution in [0.15, 0.2) is 78.9 Å². The summed E-state index contributed by atoms with van der Waals surface area (Å²) in [6.45, 7) is 0.192. The second-order valence-corrected chi connectivity index (χ2v) is 7.70. The predicted molar refractivity (Wildman–Crippen MR) is 122 cm³/mol. The second kappa shape index (κ2) is 9.40. The lowest BCUT2D eigenvalue weighted by Gasteiger charge is -2.10. The number of nitrogens with zero attached hydrogens (tertiary/aromatic N) is 2. The molecule has 3 aromatic carbocycles. The van der Waals surface area contributed by atoms with Crippen molar-refractivity contribution in [3.05, 3.63) is 107 Å². The van der Waals surface area contributed by atoms with Crippen molar-refractivity contribution in [1.29, 1.82) is 0 Å². The number of carbonyl (C=O) groups is 1. The van der Waals surface area contributed by atoms with Gasteiger partial charge in [-0.2, -0.15) is 18.3 Å². The van der Waals surface area contributed by atoms with Crippen molar-refractivity contribution in [1.82, 2.24) is 9.78 Å². The summed E-state index contributed by atoms with van der Waals surface area (Å²) < 4.78 is 41.0. The lowest BCUT2D eigenvalue weighted by molar-refractivity contribution is -0.141. The first-order chi connectivity index (χ1) is 16.2. The van der Waals surface area contributed by atoms with Crippen molar-refractivity contribution in [2.75, 3.05) is 5.32 Å². The van der Waals surface area contributed by atoms with Crippen LogP contribution < -0.4 is 11.1 Å². The summed E-state index contributed by atoms with van der Waals surface area (Å²) in [4.78, 5) is 12.9. The zero-order valence-electron chi connectivity index (χ0n) is 17.9. The number of phenols is 1. The van der Waals surface area contributed by atoms with E-state index in [1.54, 1.807) is 66.7 Å². The van der Waals surface area contributed by atoms with E-state index in [4.69, 9.17) is 5.73 Å². The molecule has 1 amide bonds. The summed E-state index contributed by atoms with van der Waals surface area (Å²) in [7, 11) is 0. The molecule has 174 valence electrons. The van der Waals surface area contributed by atoms with Crippen LogP contribution in [0, 0.1) is 0 Å². The van der Waals surface area contributed by atoms with Crippen LogP contribution in [0.1, 0.15) is 32.9 Å². The maximum absolute atomic E-state index is 13.3. The van der Waals surface area contributed by atoms with E-state index in [1.807, 2.05) is 6.07 Å². The fourth-order valence-electron chi connectivity index (χ4n) is 3.50. The molecule has 0 bridgehead atoms. The highest BCUT2D eigenvalue weighted by Gasteiger charge is 2.36. The normalized spacial score (nSPS) is 11.4. The van der Waals surface area contributed by atoms with Gasteiger partial charge in [-0.25, -0.2) is 4.68 Å². The third kappa shape index (κ3) is 5.26. The molecule has 9 heteroatoms. The van der Waals surface area contributed by atoms with Gasteiger partial charge in [-0.15, -0.1) is 0 Å². The van der Waals surface area contributed by atoms with Crippen molar-refractivity contribution >= 4 is 11.6 Å². The number of rotatable bonds is 6. The molecule has 0 spiro atoms. The molecule has 0 saturated heterocycles. The summed E-state index contributed by atoms with van der Waals surface area (Å²) in [5.41, 5.74) is 7.47. The average Bonchev–Trinajstić information content (AvgIpc) is 3.27. The van der Waals surface area contributed by atoms with Gasteiger partial charge in [0.05, 0.1) is 5.69 Å². The Morgan fingerprint density at radius 2 is 1.65 bits per heavy atom. The van der Waals surface area contributed by atoms with Gasteiger partial charge in [0.15, 0.2) is 5.69 Å². The highest BCUT2D eigenvalue weighted by Crippen LogP contribution is 2.30. The number of aromatic hydroxyl groups is 1. The van der Waals surface area contributed by atoms with Crippen molar-refractivity contribution in [3.63, 3.8) is 0 Å². The summed E-state index contributed by atoms with van der Waals surface area (Å²) in [6.07, 6.45) is -4.14. The van der Waals surface area contributed by atoms with Crippen LogP contribution in [0.2, 0.25) is 0 Å². The standard InChI is InChI=1S/C25H21F3N4O2/c26-25(27,28)23-14-22(32(31-23)20-5-1-4-18(12-20)15-29)24(34)30-19-9-7-16(8-10-19)11-17-3-2-6-21(33)13-17/h1-10,12-14,33H,11,15,29H2,(H,30,34). The van der Waals surface area contributed by atoms with E-state index in [0.717, 1.165) is 21.9 Å². The van der Waals surface area contributed by atoms with Crippen LogP contribution in [-0.2, 0) is 19.1 Å². The molecule has 0 saturated carbocycles. The van der Waals surface area contributed by atoms with Crippen molar-refractivity contribution < 1.29 is 23.1 Å². The molecule has 0 aliphatic carbocycles. The topological polar surface area (TPSA) is 93.2 Å². The minimum atomic E-state index is -4.71. The van der Waals surface area contributed by atoms with Gasteiger partial charge in [0.25, 0.3) is 5.91 Å². The quantitative estimate of drug-likeness (QED) is 0.377. The molecule has 0 atom stereocenters. The van der Waals surface area contributed by atoms with Gasteiger partial charge in [0.2, 0.25) is 0 Å². The van der Waals surface area contributed by atoms with Gasteiger partial charge in [-0.05, 0) is 59.5 Å². The number of halogens is 3. The molecule has 4 rings (SSSR count). The van der Waals surface area contributed by atoms with Gasteiger partial charge < -0.3 is 16.2 Å². The number of hydrogen-bond acceptors (Lipinski definition) is 4. The van der Waals surface area contributed by atoms with Crippen LogP contribution in [0.25, 0.3) is 5.69 Å². The number of nitrogens with one attached hydrogen (secondary N) is 1. The molecule has 0 unspecified atom stereocenters. The van der Waals surface area contributed by atoms with E-state index in [1.165, 1.54) is 0 Å². The monoisotopic (exact) mass is 466 g/mol. The van der Waals surface area contributed by atoms with E-state index in [2.05, 4.69) is 10.4 Å². The predicted octanol–water partition coefficient (Wildman–Crippen LogP) is 4.90. The number of hydrogen-bond donors (Lipinski definition) is 3. The molecular formula is C25H21F3N4O2. The Kier molecular flexibility index (Phi) is 6.38. The van der Waals surface area contributed by atoms with Gasteiger partial charge in [-0.1, -0.05) is 36.4 Å². The Morgan fingerprint density at radius 1 is 0.941 bits per heavy atom. The molecule has 0 radical (unpaired) electrons. The minimum absolute atomic E-state index is 0.174. The van der Waals surface area contributed by atoms with Crippen LogP contribution in [0.5, 0.6) is 5.75 Å². The average molecular weight is 466 g/mol. The SMILES string of the molecule is NCc1cccc(-n2nc(C(F)(F)F)cc2C(=O)Nc2ccc(Cc3cccc(O)c3)cc2)c1. The molecule has 4 N–H and O–H groups in total. The number of benzene rings is 3. The van der Waals surface area contributed by atoms with Gasteiger partial charge >= 0.3 is 6.18 Å². The number of aromatic nitrogens is 2. The first-order valence-corrected chi connectivity index (χ1v) is 10.4. The summed E-state index contributed by atoms with van der Waals surface area (Å²) >= 11 is 0. The third-order valence-electron chi connectivity index (χ3n) is 5.15. The van der Waals surface area contributed by atoms with E-state index in [0.29, 0.717) is 23.4 Å². The third-order valence-corrected chi connectivity index (χ3v) is 5.15. The zero-order chi connectivity index (χ0) is 24.3. The maximum atomic E-state index is 13.3. The van der Waals surface area contributed by atoms with Crippen LogP contribution in [0.3, 0.4) is 0 Å². The largest absolute Gasteiger partial charge is 0.508 e. The van der Waals surface area contributed by atoms with E-state index >= 15 is 0 Å². The lowest BCUT2D eigenvalue weighted by atomic mass is 10.0. The summed E-state index contributed by atoms with van der Waals surface area (Å²) in [5, 5.41) is 15.9. The molecule has 34 heavy (non-hydrogen) atoms. The number of anilines is 1. The molecule has 0 fully saturated rings. The Balaban J connectivity index is 1.58. The fourth-order valence-corrected chi connectivity index (χ4v) is 3.50. The first kappa shape index (κ1) is 23.1. The summed E-state index contributed by atoms with van der Waals surface area (Å²) in [5.74, 6) is -0.560. The van der Waals surface area contributed by atoms with Gasteiger partial charge in [0.1, 0.15) is 11.4 Å². The van der Waals surface area contributed by atoms with E-state index < -0.39 is 17.8 Å². The van der Waals surface area contributed by atoms with Crippen LogP contribution >= 0.6 is 0 Å². The Labute approximate surface area is 193 Å². The highest BCUT2D eigenvalue weighted by molar-refractivity contribution is 6.03. The van der Waals surface area contributed by atoms with Crippen molar-refractivity contribution in [2.45, 2.75) is 19.1 Å². The number of alkyl halides is 3. The second-order valence-electron chi connectivity index (χ2n) is 7.70. The molecule has 0 aliphatic rings. The molecule has 1 aromatic heterocycles. The maximum Gasteiger partial charge on any atom is 0.435 e. The zero-order valence-corrected chi connectivity index (χ0v) is 17.9. The minimum Gasteiger partial charge on any atom is -0.508 e. The molecule has 4 aromatic rings. The number of amides is 1. The number of phenolic OH excluding ortho intramolecular Hbond substituents is 1. The molecule has 1 heterocycles. The highest BCUT2D eigenvalue weighted by atomic mass is 19.4. The van der Waals surface area contributed by atoms with E-state index in [-0.39, 0.29) is 18.0 Å². The fraction of sp³-hybridized carbons (Fsp3) is 0.120. The first-order valence-electron chi connectivity index (χ1n) is 10.4. The van der Waals surface area contributed by atoms with Crippen molar-refractivity contribution in [3.8, 4) is 11.4 Å². The van der Waals surface area contributed by atoms with Gasteiger partial charge in [-0.3, -0.25) is 4.79 Å². The number of nitrogens with two attached hydrogens (primary N) is 1. The Hall–Kier alpha value is -4.11. The number of carbonyl (C=O) groups excluding carboxylic acids is 1. The molecule has 6 nitrogen and oxygen atoms in total. The van der Waals surface area contributed by atoms with Crippen LogP contribution in [-0.4, -0.2) is 20.8 Å². The van der Waals surface area contributed by atoms with Crippen LogP contribution in [0.4, 0.5) is 18.9 Å². The smallest absolute Gasteiger partial charge is 0.435 e. The van der Waals surface area contributed by atoms with Crippen molar-refractivity contribution in [2.24, 2.45) is 5.73 Å². The Morgan fingerprint density at radius 3 is 2.32 bits per heavy atom. The molecular weight excluding hydrogens is 445 g/mol.